The van der Waals surface area contributed by atoms with Crippen molar-refractivity contribution in [2.45, 2.75) is 33.2 Å². The summed E-state index contributed by atoms with van der Waals surface area (Å²) < 4.78 is 0. The lowest BCUT2D eigenvalue weighted by molar-refractivity contribution is -0.118. The zero-order valence-electron chi connectivity index (χ0n) is 17.8. The van der Waals surface area contributed by atoms with Crippen molar-refractivity contribution in [3.05, 3.63) is 48.3 Å². The van der Waals surface area contributed by atoms with Crippen molar-refractivity contribution in [1.29, 1.82) is 0 Å². The van der Waals surface area contributed by atoms with Crippen LogP contribution in [0.4, 0.5) is 16.4 Å². The molecule has 3 rings (SSSR count). The van der Waals surface area contributed by atoms with Gasteiger partial charge in [0.1, 0.15) is 6.04 Å². The van der Waals surface area contributed by atoms with Gasteiger partial charge in [0.15, 0.2) is 0 Å². The highest BCUT2D eigenvalue weighted by Gasteiger charge is 2.28. The van der Waals surface area contributed by atoms with Gasteiger partial charge in [-0.05, 0) is 36.1 Å². The molecule has 30 heavy (non-hydrogen) atoms. The minimum absolute atomic E-state index is 0.0390. The van der Waals surface area contributed by atoms with Gasteiger partial charge in [0.25, 0.3) is 0 Å². The molecule has 1 fully saturated rings. The SMILES string of the molecule is CCc1ccc(NC(=O)C(NC(=O)N2CCN(c3ncccn3)CC2)C(C)C)cc1. The summed E-state index contributed by atoms with van der Waals surface area (Å²) in [6.45, 7) is 8.35. The summed E-state index contributed by atoms with van der Waals surface area (Å²) in [5, 5.41) is 5.82. The fraction of sp³-hybridized carbons (Fsp3) is 0.455. The summed E-state index contributed by atoms with van der Waals surface area (Å²) in [7, 11) is 0. The Morgan fingerprint density at radius 3 is 2.23 bits per heavy atom. The Balaban J connectivity index is 1.55. The van der Waals surface area contributed by atoms with Crippen molar-refractivity contribution < 1.29 is 9.59 Å². The number of hydrogen-bond acceptors (Lipinski definition) is 5. The number of carbonyl (C=O) groups excluding carboxylic acids is 2. The number of hydrogen-bond donors (Lipinski definition) is 2. The minimum atomic E-state index is -0.612. The van der Waals surface area contributed by atoms with Crippen LogP contribution in [0, 0.1) is 5.92 Å². The molecule has 1 unspecified atom stereocenters. The van der Waals surface area contributed by atoms with E-state index in [2.05, 4.69) is 32.4 Å². The third-order valence-corrected chi connectivity index (χ3v) is 5.26. The lowest BCUT2D eigenvalue weighted by Gasteiger charge is -2.35. The molecule has 1 aromatic carbocycles. The molecule has 0 spiro atoms. The summed E-state index contributed by atoms with van der Waals surface area (Å²) in [4.78, 5) is 37.9. The van der Waals surface area contributed by atoms with Crippen LogP contribution < -0.4 is 15.5 Å². The second-order valence-electron chi connectivity index (χ2n) is 7.73. The topological polar surface area (TPSA) is 90.5 Å². The maximum atomic E-state index is 12.8. The predicted molar refractivity (Wildman–Crippen MR) is 117 cm³/mol. The van der Waals surface area contributed by atoms with Gasteiger partial charge in [-0.2, -0.15) is 0 Å². The van der Waals surface area contributed by atoms with Crippen LogP contribution in [0.2, 0.25) is 0 Å². The molecular formula is C22H30N6O2. The van der Waals surface area contributed by atoms with Crippen LogP contribution in [-0.2, 0) is 11.2 Å². The first kappa shape index (κ1) is 21.5. The first-order chi connectivity index (χ1) is 14.5. The zero-order chi connectivity index (χ0) is 21.5. The van der Waals surface area contributed by atoms with Crippen LogP contribution in [0.5, 0.6) is 0 Å². The molecule has 8 nitrogen and oxygen atoms in total. The van der Waals surface area contributed by atoms with Gasteiger partial charge in [-0.25, -0.2) is 14.8 Å². The smallest absolute Gasteiger partial charge is 0.318 e. The van der Waals surface area contributed by atoms with Crippen LogP contribution in [-0.4, -0.2) is 59.0 Å². The number of anilines is 2. The highest BCUT2D eigenvalue weighted by atomic mass is 16.2. The Kier molecular flexibility index (Phi) is 7.21. The Morgan fingerprint density at radius 1 is 1.03 bits per heavy atom. The number of nitrogens with zero attached hydrogens (tertiary/aromatic N) is 4. The van der Waals surface area contributed by atoms with Gasteiger partial charge in [-0.1, -0.05) is 32.9 Å². The van der Waals surface area contributed by atoms with Crippen molar-refractivity contribution in [1.82, 2.24) is 20.2 Å². The Morgan fingerprint density at radius 2 is 1.67 bits per heavy atom. The molecular weight excluding hydrogens is 380 g/mol. The van der Waals surface area contributed by atoms with E-state index in [0.717, 1.165) is 12.1 Å². The summed E-state index contributed by atoms with van der Waals surface area (Å²) in [6.07, 6.45) is 4.37. The van der Waals surface area contributed by atoms with Crippen LogP contribution in [0.3, 0.4) is 0 Å². The standard InChI is InChI=1S/C22H30N6O2/c1-4-17-6-8-18(9-7-17)25-20(29)19(16(2)3)26-22(30)28-14-12-27(13-15-28)21-23-10-5-11-24-21/h5-11,16,19H,4,12-15H2,1-3H3,(H,25,29)(H,26,30). The molecule has 1 aliphatic heterocycles. The van der Waals surface area contributed by atoms with Gasteiger partial charge in [-0.3, -0.25) is 4.79 Å². The Labute approximate surface area is 177 Å². The number of piperazine rings is 1. The van der Waals surface area contributed by atoms with E-state index < -0.39 is 6.04 Å². The first-order valence-corrected chi connectivity index (χ1v) is 10.4. The number of rotatable bonds is 6. The van der Waals surface area contributed by atoms with E-state index >= 15 is 0 Å². The van der Waals surface area contributed by atoms with E-state index in [-0.39, 0.29) is 17.9 Å². The van der Waals surface area contributed by atoms with Crippen molar-refractivity contribution in [2.24, 2.45) is 5.92 Å². The summed E-state index contributed by atoms with van der Waals surface area (Å²) in [5.41, 5.74) is 1.94. The fourth-order valence-electron chi connectivity index (χ4n) is 3.37. The third kappa shape index (κ3) is 5.46. The molecule has 2 heterocycles. The number of amides is 3. The highest BCUT2D eigenvalue weighted by molar-refractivity contribution is 5.97. The van der Waals surface area contributed by atoms with E-state index in [1.54, 1.807) is 23.4 Å². The second kappa shape index (κ2) is 10.0. The molecule has 2 aromatic rings. The van der Waals surface area contributed by atoms with Crippen LogP contribution in [0.1, 0.15) is 26.3 Å². The zero-order valence-corrected chi connectivity index (χ0v) is 17.8. The molecule has 0 aliphatic carbocycles. The van der Waals surface area contributed by atoms with Crippen LogP contribution in [0.25, 0.3) is 0 Å². The fourth-order valence-corrected chi connectivity index (χ4v) is 3.37. The van der Waals surface area contributed by atoms with Crippen LogP contribution in [0.15, 0.2) is 42.7 Å². The third-order valence-electron chi connectivity index (χ3n) is 5.26. The second-order valence-corrected chi connectivity index (χ2v) is 7.73. The monoisotopic (exact) mass is 410 g/mol. The van der Waals surface area contributed by atoms with Gasteiger partial charge in [0.05, 0.1) is 0 Å². The number of aromatic nitrogens is 2. The number of urea groups is 1. The van der Waals surface area contributed by atoms with Crippen LogP contribution >= 0.6 is 0 Å². The van der Waals surface area contributed by atoms with Crippen molar-refractivity contribution >= 4 is 23.6 Å². The largest absolute Gasteiger partial charge is 0.337 e. The maximum absolute atomic E-state index is 12.8. The first-order valence-electron chi connectivity index (χ1n) is 10.4. The van der Waals surface area contributed by atoms with E-state index in [1.807, 2.05) is 38.1 Å². The average molecular weight is 411 g/mol. The van der Waals surface area contributed by atoms with E-state index in [0.29, 0.717) is 32.1 Å². The van der Waals surface area contributed by atoms with Crippen molar-refractivity contribution in [3.63, 3.8) is 0 Å². The molecule has 2 N–H and O–H groups in total. The molecule has 8 heteroatoms. The van der Waals surface area contributed by atoms with Gasteiger partial charge >= 0.3 is 6.03 Å². The minimum Gasteiger partial charge on any atom is -0.337 e. The van der Waals surface area contributed by atoms with E-state index in [4.69, 9.17) is 0 Å². The normalized spacial score (nSPS) is 15.1. The lowest BCUT2D eigenvalue weighted by Crippen LogP contribution is -2.56. The number of carbonyl (C=O) groups is 2. The number of aryl methyl sites for hydroxylation is 1. The highest BCUT2D eigenvalue weighted by Crippen LogP contribution is 2.14. The molecule has 3 amide bonds. The van der Waals surface area contributed by atoms with Gasteiger partial charge in [0, 0.05) is 44.3 Å². The molecule has 160 valence electrons. The number of benzene rings is 1. The molecule has 1 saturated heterocycles. The Hall–Kier alpha value is -3.16. The summed E-state index contributed by atoms with van der Waals surface area (Å²) in [6, 6.07) is 8.71. The molecule has 1 aliphatic rings. The van der Waals surface area contributed by atoms with Gasteiger partial charge < -0.3 is 20.4 Å². The van der Waals surface area contributed by atoms with Gasteiger partial charge in [0.2, 0.25) is 11.9 Å². The quantitative estimate of drug-likeness (QED) is 0.764. The van der Waals surface area contributed by atoms with Crippen molar-refractivity contribution in [3.8, 4) is 0 Å². The van der Waals surface area contributed by atoms with Crippen molar-refractivity contribution in [2.75, 3.05) is 36.4 Å². The predicted octanol–water partition coefficient (Wildman–Crippen LogP) is 2.53. The molecule has 0 bridgehead atoms. The van der Waals surface area contributed by atoms with E-state index in [9.17, 15) is 9.59 Å². The van der Waals surface area contributed by atoms with Gasteiger partial charge in [-0.15, -0.1) is 0 Å². The lowest BCUT2D eigenvalue weighted by atomic mass is 10.0. The van der Waals surface area contributed by atoms with E-state index in [1.165, 1.54) is 5.56 Å². The number of nitrogens with one attached hydrogen (secondary N) is 2. The summed E-state index contributed by atoms with van der Waals surface area (Å²) in [5.74, 6) is 0.424. The molecule has 0 radical (unpaired) electrons. The summed E-state index contributed by atoms with van der Waals surface area (Å²) >= 11 is 0. The average Bonchev–Trinajstić information content (AvgIpc) is 2.78. The maximum Gasteiger partial charge on any atom is 0.318 e. The molecule has 0 saturated carbocycles. The molecule has 1 aromatic heterocycles. The molecule has 1 atom stereocenters. The Bertz CT molecular complexity index is 832.